The lowest BCUT2D eigenvalue weighted by molar-refractivity contribution is -0.385. The van der Waals surface area contributed by atoms with Crippen LogP contribution in [0.3, 0.4) is 0 Å². The number of likely N-dealkylation sites (tertiary alicyclic amines) is 1. The summed E-state index contributed by atoms with van der Waals surface area (Å²) in [7, 11) is 1.79. The molecule has 2 rings (SSSR count). The lowest BCUT2D eigenvalue weighted by Crippen LogP contribution is -2.40. The van der Waals surface area contributed by atoms with E-state index in [4.69, 9.17) is 4.74 Å². The molecule has 21 heavy (non-hydrogen) atoms. The third kappa shape index (κ3) is 3.62. The Hall–Kier alpha value is -2.31. The third-order valence-corrected chi connectivity index (χ3v) is 3.49. The Labute approximate surface area is 123 Å². The maximum atomic E-state index is 11.7. The van der Waals surface area contributed by atoms with Gasteiger partial charge in [-0.1, -0.05) is 0 Å². The van der Waals surface area contributed by atoms with E-state index in [1.807, 2.05) is 0 Å². The molecule has 1 saturated heterocycles. The first-order valence-electron chi connectivity index (χ1n) is 6.93. The smallest absolute Gasteiger partial charge is 0.311 e. The molecule has 1 aromatic rings. The zero-order valence-corrected chi connectivity index (χ0v) is 12.2. The van der Waals surface area contributed by atoms with Crippen molar-refractivity contribution < 1.29 is 14.5 Å². The Morgan fingerprint density at radius 3 is 2.90 bits per heavy atom. The number of ether oxygens (including phenoxy) is 1. The average Bonchev–Trinajstić information content (AvgIpc) is 2.43. The van der Waals surface area contributed by atoms with E-state index in [1.165, 1.54) is 6.07 Å². The van der Waals surface area contributed by atoms with Crippen molar-refractivity contribution in [1.82, 2.24) is 4.90 Å². The van der Waals surface area contributed by atoms with Crippen molar-refractivity contribution in [3.8, 4) is 5.75 Å². The van der Waals surface area contributed by atoms with Crippen LogP contribution >= 0.6 is 0 Å². The van der Waals surface area contributed by atoms with Crippen molar-refractivity contribution in [1.29, 1.82) is 0 Å². The molecule has 1 heterocycles. The third-order valence-electron chi connectivity index (χ3n) is 3.49. The van der Waals surface area contributed by atoms with Crippen LogP contribution in [0.2, 0.25) is 0 Å². The Morgan fingerprint density at radius 1 is 1.52 bits per heavy atom. The van der Waals surface area contributed by atoms with Crippen molar-refractivity contribution in [2.24, 2.45) is 0 Å². The summed E-state index contributed by atoms with van der Waals surface area (Å²) in [6.45, 7) is 2.85. The molecular weight excluding hydrogens is 274 g/mol. The van der Waals surface area contributed by atoms with Crippen LogP contribution in [0.4, 0.5) is 11.4 Å². The standard InChI is InChI=1S/C14H19N3O4/c1-3-21-13-8-10(4-5-12(13)17(19)20)15-11-6-7-16(2)14(18)9-11/h4-5,8,11,15H,3,6-7,9H2,1-2H3. The van der Waals surface area contributed by atoms with Gasteiger partial charge in [-0.25, -0.2) is 0 Å². The van der Waals surface area contributed by atoms with Crippen molar-refractivity contribution in [3.05, 3.63) is 28.3 Å². The maximum Gasteiger partial charge on any atom is 0.311 e. The van der Waals surface area contributed by atoms with Gasteiger partial charge in [-0.3, -0.25) is 14.9 Å². The molecule has 1 unspecified atom stereocenters. The number of hydrogen-bond donors (Lipinski definition) is 1. The Kier molecular flexibility index (Phi) is 4.62. The predicted molar refractivity (Wildman–Crippen MR) is 78.5 cm³/mol. The van der Waals surface area contributed by atoms with Crippen LogP contribution in [0, 0.1) is 10.1 Å². The molecule has 0 radical (unpaired) electrons. The molecule has 0 aromatic heterocycles. The summed E-state index contributed by atoms with van der Waals surface area (Å²) in [6.07, 6.45) is 1.28. The molecule has 0 bridgehead atoms. The van der Waals surface area contributed by atoms with E-state index in [-0.39, 0.29) is 23.4 Å². The van der Waals surface area contributed by atoms with Gasteiger partial charge in [0.15, 0.2) is 5.75 Å². The molecule has 1 aliphatic heterocycles. The number of amides is 1. The number of nitrogens with one attached hydrogen (secondary N) is 1. The molecule has 7 heteroatoms. The summed E-state index contributed by atoms with van der Waals surface area (Å²) in [5.41, 5.74) is 0.674. The molecule has 1 aliphatic rings. The summed E-state index contributed by atoms with van der Waals surface area (Å²) in [6, 6.07) is 4.72. The second-order valence-corrected chi connectivity index (χ2v) is 5.02. The van der Waals surface area contributed by atoms with Crippen LogP contribution < -0.4 is 10.1 Å². The van der Waals surface area contributed by atoms with Crippen molar-refractivity contribution in [2.75, 3.05) is 25.5 Å². The zero-order chi connectivity index (χ0) is 15.4. The largest absolute Gasteiger partial charge is 0.487 e. The molecular formula is C14H19N3O4. The summed E-state index contributed by atoms with van der Waals surface area (Å²) in [5.74, 6) is 0.345. The van der Waals surface area contributed by atoms with E-state index < -0.39 is 4.92 Å². The minimum Gasteiger partial charge on any atom is -0.487 e. The van der Waals surface area contributed by atoms with Crippen molar-refractivity contribution in [3.63, 3.8) is 0 Å². The highest BCUT2D eigenvalue weighted by Crippen LogP contribution is 2.31. The second kappa shape index (κ2) is 6.43. The van der Waals surface area contributed by atoms with Crippen LogP contribution in [-0.2, 0) is 4.79 Å². The minimum atomic E-state index is -0.464. The van der Waals surface area contributed by atoms with Gasteiger partial charge in [-0.05, 0) is 19.4 Å². The topological polar surface area (TPSA) is 84.7 Å². The number of benzene rings is 1. The fourth-order valence-corrected chi connectivity index (χ4v) is 2.33. The summed E-state index contributed by atoms with van der Waals surface area (Å²) in [4.78, 5) is 23.9. The highest BCUT2D eigenvalue weighted by Gasteiger charge is 2.24. The Balaban J connectivity index is 2.12. The van der Waals surface area contributed by atoms with E-state index in [1.54, 1.807) is 31.0 Å². The molecule has 114 valence electrons. The first kappa shape index (κ1) is 15.1. The zero-order valence-electron chi connectivity index (χ0n) is 12.2. The number of nitrogens with zero attached hydrogens (tertiary/aromatic N) is 2. The quantitative estimate of drug-likeness (QED) is 0.663. The fraction of sp³-hybridized carbons (Fsp3) is 0.500. The average molecular weight is 293 g/mol. The first-order valence-corrected chi connectivity index (χ1v) is 6.93. The van der Waals surface area contributed by atoms with E-state index in [0.29, 0.717) is 19.6 Å². The fourth-order valence-electron chi connectivity index (χ4n) is 2.33. The van der Waals surface area contributed by atoms with Gasteiger partial charge in [0, 0.05) is 43.9 Å². The number of rotatable bonds is 5. The minimum absolute atomic E-state index is 0.0460. The number of hydrogen-bond acceptors (Lipinski definition) is 5. The van der Waals surface area contributed by atoms with Crippen LogP contribution in [0.25, 0.3) is 0 Å². The molecule has 1 fully saturated rings. The van der Waals surface area contributed by atoms with Gasteiger partial charge in [0.2, 0.25) is 5.91 Å². The van der Waals surface area contributed by atoms with Crippen molar-refractivity contribution in [2.45, 2.75) is 25.8 Å². The molecule has 0 aliphatic carbocycles. The number of carbonyl (C=O) groups is 1. The number of carbonyl (C=O) groups excluding carboxylic acids is 1. The molecule has 1 aromatic carbocycles. The van der Waals surface area contributed by atoms with Crippen molar-refractivity contribution >= 4 is 17.3 Å². The Bertz CT molecular complexity index is 547. The van der Waals surface area contributed by atoms with E-state index in [0.717, 1.165) is 12.1 Å². The predicted octanol–water partition coefficient (Wildman–Crippen LogP) is 2.03. The second-order valence-electron chi connectivity index (χ2n) is 5.02. The Morgan fingerprint density at radius 2 is 2.29 bits per heavy atom. The number of anilines is 1. The summed E-state index contributed by atoms with van der Waals surface area (Å²) in [5, 5.41) is 14.2. The SMILES string of the molecule is CCOc1cc(NC2CCN(C)C(=O)C2)ccc1[N+](=O)[O-]. The van der Waals surface area contributed by atoms with Crippen LogP contribution in [0.5, 0.6) is 5.75 Å². The van der Waals surface area contributed by atoms with Gasteiger partial charge in [0.25, 0.3) is 0 Å². The monoisotopic (exact) mass is 293 g/mol. The molecule has 1 atom stereocenters. The van der Waals surface area contributed by atoms with Gasteiger partial charge < -0.3 is 15.0 Å². The van der Waals surface area contributed by atoms with E-state index in [2.05, 4.69) is 5.32 Å². The van der Waals surface area contributed by atoms with Crippen LogP contribution in [0.1, 0.15) is 19.8 Å². The van der Waals surface area contributed by atoms with Gasteiger partial charge in [-0.2, -0.15) is 0 Å². The first-order chi connectivity index (χ1) is 10.0. The van der Waals surface area contributed by atoms with Gasteiger partial charge in [0.05, 0.1) is 11.5 Å². The lowest BCUT2D eigenvalue weighted by atomic mass is 10.0. The number of nitro benzene ring substituents is 1. The highest BCUT2D eigenvalue weighted by atomic mass is 16.6. The van der Waals surface area contributed by atoms with Crippen LogP contribution in [0.15, 0.2) is 18.2 Å². The number of piperidine rings is 1. The molecule has 1 amide bonds. The van der Waals surface area contributed by atoms with E-state index >= 15 is 0 Å². The maximum absolute atomic E-state index is 11.7. The summed E-state index contributed by atoms with van der Waals surface area (Å²) < 4.78 is 5.31. The summed E-state index contributed by atoms with van der Waals surface area (Å²) >= 11 is 0. The molecule has 1 N–H and O–H groups in total. The van der Waals surface area contributed by atoms with E-state index in [9.17, 15) is 14.9 Å². The lowest BCUT2D eigenvalue weighted by Gasteiger charge is -2.29. The van der Waals surface area contributed by atoms with Crippen LogP contribution in [-0.4, -0.2) is 42.0 Å². The highest BCUT2D eigenvalue weighted by molar-refractivity contribution is 5.78. The molecule has 0 saturated carbocycles. The van der Waals surface area contributed by atoms with Gasteiger partial charge in [-0.15, -0.1) is 0 Å². The molecule has 7 nitrogen and oxygen atoms in total. The normalized spacial score (nSPS) is 18.5. The van der Waals surface area contributed by atoms with Gasteiger partial charge in [0.1, 0.15) is 0 Å². The van der Waals surface area contributed by atoms with Gasteiger partial charge >= 0.3 is 5.69 Å². The number of nitro groups is 1. The molecule has 0 spiro atoms.